The summed E-state index contributed by atoms with van der Waals surface area (Å²) in [6.45, 7) is 5.53. The van der Waals surface area contributed by atoms with Crippen molar-refractivity contribution in [2.75, 3.05) is 4.90 Å². The van der Waals surface area contributed by atoms with Gasteiger partial charge in [0.2, 0.25) is 0 Å². The highest BCUT2D eigenvalue weighted by atomic mass is 16.4. The molecular formula is C15H23NO4. The third kappa shape index (κ3) is 3.49. The number of benzene rings is 1. The highest BCUT2D eigenvalue weighted by Crippen LogP contribution is 2.25. The van der Waals surface area contributed by atoms with Crippen molar-refractivity contribution in [3.05, 3.63) is 29.3 Å². The van der Waals surface area contributed by atoms with E-state index in [1.54, 1.807) is 12.1 Å². The molecule has 1 aromatic rings. The van der Waals surface area contributed by atoms with Gasteiger partial charge in [0, 0.05) is 5.69 Å². The number of carboxylic acids is 1. The predicted octanol–water partition coefficient (Wildman–Crippen LogP) is 2.21. The van der Waals surface area contributed by atoms with Crippen LogP contribution in [0.5, 0.6) is 0 Å². The van der Waals surface area contributed by atoms with Gasteiger partial charge in [-0.15, -0.1) is 0 Å². The number of aromatic carboxylic acids is 1. The van der Waals surface area contributed by atoms with E-state index in [1.807, 2.05) is 20.8 Å². The molecule has 0 fully saturated rings. The van der Waals surface area contributed by atoms with Crippen LogP contribution in [0, 0.1) is 0 Å². The molecule has 1 aromatic carbocycles. The Labute approximate surface area is 119 Å². The van der Waals surface area contributed by atoms with Gasteiger partial charge < -0.3 is 20.2 Å². The summed E-state index contributed by atoms with van der Waals surface area (Å²) in [7, 11) is 0. The van der Waals surface area contributed by atoms with Crippen LogP contribution in [0.2, 0.25) is 0 Å². The molecule has 0 spiro atoms. The summed E-state index contributed by atoms with van der Waals surface area (Å²) in [5, 5.41) is 29.3. The maximum Gasteiger partial charge on any atom is 0.335 e. The summed E-state index contributed by atoms with van der Waals surface area (Å²) in [4.78, 5) is 12.6. The van der Waals surface area contributed by atoms with Gasteiger partial charge in [0.15, 0.2) is 0 Å². The number of aliphatic hydroxyl groups is 2. The molecule has 20 heavy (non-hydrogen) atoms. The summed E-state index contributed by atoms with van der Waals surface area (Å²) in [6.07, 6.45) is -0.0812. The van der Waals surface area contributed by atoms with Gasteiger partial charge in [-0.2, -0.15) is 0 Å². The largest absolute Gasteiger partial charge is 0.478 e. The smallest absolute Gasteiger partial charge is 0.335 e. The Morgan fingerprint density at radius 1 is 1.15 bits per heavy atom. The van der Waals surface area contributed by atoms with Crippen LogP contribution in [0.15, 0.2) is 18.2 Å². The summed E-state index contributed by atoms with van der Waals surface area (Å²) in [5.74, 6) is -0.966. The van der Waals surface area contributed by atoms with Crippen molar-refractivity contribution in [1.82, 2.24) is 0 Å². The number of rotatable bonds is 7. The van der Waals surface area contributed by atoms with E-state index in [9.17, 15) is 15.0 Å². The number of aryl methyl sites for hydroxylation is 1. The molecule has 112 valence electrons. The minimum Gasteiger partial charge on any atom is -0.478 e. The van der Waals surface area contributed by atoms with Gasteiger partial charge in [-0.1, -0.05) is 20.8 Å². The number of carboxylic acid groups (broad SMARTS) is 1. The lowest BCUT2D eigenvalue weighted by Crippen LogP contribution is -2.43. The lowest BCUT2D eigenvalue weighted by molar-refractivity contribution is 0.0696. The molecule has 0 aliphatic rings. The van der Waals surface area contributed by atoms with Crippen LogP contribution in [0.4, 0.5) is 5.69 Å². The maximum absolute atomic E-state index is 11.1. The van der Waals surface area contributed by atoms with Gasteiger partial charge in [0.1, 0.15) is 12.5 Å². The topological polar surface area (TPSA) is 81.0 Å². The minimum absolute atomic E-state index is 0.258. The Kier molecular flexibility index (Phi) is 5.98. The first-order chi connectivity index (χ1) is 9.46. The molecule has 0 radical (unpaired) electrons. The molecule has 1 rings (SSSR count). The van der Waals surface area contributed by atoms with E-state index in [4.69, 9.17) is 5.11 Å². The molecular weight excluding hydrogens is 258 g/mol. The first-order valence-electron chi connectivity index (χ1n) is 6.96. The number of carbonyl (C=O) groups is 1. The van der Waals surface area contributed by atoms with Crippen molar-refractivity contribution in [3.8, 4) is 0 Å². The molecule has 0 heterocycles. The lowest BCUT2D eigenvalue weighted by Gasteiger charge is -2.34. The molecule has 5 nitrogen and oxygen atoms in total. The summed E-state index contributed by atoms with van der Waals surface area (Å²) in [5.41, 5.74) is 1.58. The molecule has 0 saturated heterocycles. The van der Waals surface area contributed by atoms with Crippen molar-refractivity contribution >= 4 is 11.7 Å². The predicted molar refractivity (Wildman–Crippen MR) is 77.9 cm³/mol. The van der Waals surface area contributed by atoms with Crippen molar-refractivity contribution in [3.63, 3.8) is 0 Å². The van der Waals surface area contributed by atoms with E-state index in [-0.39, 0.29) is 5.56 Å². The van der Waals surface area contributed by atoms with Crippen molar-refractivity contribution in [2.24, 2.45) is 0 Å². The lowest BCUT2D eigenvalue weighted by atomic mass is 10.0. The normalized spacial score (nSPS) is 13.8. The average Bonchev–Trinajstić information content (AvgIpc) is 2.46. The number of anilines is 1. The van der Waals surface area contributed by atoms with Gasteiger partial charge in [-0.25, -0.2) is 4.79 Å². The monoisotopic (exact) mass is 281 g/mol. The summed E-state index contributed by atoms with van der Waals surface area (Å²) < 4.78 is 0. The molecule has 0 aromatic heterocycles. The molecule has 0 amide bonds. The maximum atomic E-state index is 11.1. The van der Waals surface area contributed by atoms with E-state index in [0.717, 1.165) is 0 Å². The highest BCUT2D eigenvalue weighted by Gasteiger charge is 2.22. The summed E-state index contributed by atoms with van der Waals surface area (Å²) in [6, 6.07) is 4.87. The second kappa shape index (κ2) is 7.26. The number of hydrogen-bond acceptors (Lipinski definition) is 4. The van der Waals surface area contributed by atoms with E-state index in [1.165, 1.54) is 11.0 Å². The van der Waals surface area contributed by atoms with Crippen LogP contribution >= 0.6 is 0 Å². The zero-order chi connectivity index (χ0) is 15.3. The fraction of sp³-hybridized carbons (Fsp3) is 0.533. The van der Waals surface area contributed by atoms with Crippen molar-refractivity contribution in [1.29, 1.82) is 0 Å². The Bertz CT molecular complexity index is 451. The standard InChI is InChI=1S/C15H23NO4/c1-4-10-9-11(7-8-12(10)15(19)20)16(13(17)5-2)14(18)6-3/h7-9,13-14,17-18H,4-6H2,1-3H3,(H,19,20). The minimum atomic E-state index is -0.966. The number of nitrogens with zero attached hydrogens (tertiary/aromatic N) is 1. The zero-order valence-corrected chi connectivity index (χ0v) is 12.2. The zero-order valence-electron chi connectivity index (χ0n) is 12.2. The average molecular weight is 281 g/mol. The molecule has 5 heteroatoms. The Morgan fingerprint density at radius 3 is 2.10 bits per heavy atom. The van der Waals surface area contributed by atoms with Gasteiger partial charge in [0.05, 0.1) is 5.56 Å². The van der Waals surface area contributed by atoms with Gasteiger partial charge in [0.25, 0.3) is 0 Å². The molecule has 0 aliphatic heterocycles. The second-order valence-corrected chi connectivity index (χ2v) is 4.69. The first kappa shape index (κ1) is 16.5. The molecule has 2 unspecified atom stereocenters. The number of hydrogen-bond donors (Lipinski definition) is 3. The molecule has 0 aliphatic carbocycles. The summed E-state index contributed by atoms with van der Waals surface area (Å²) >= 11 is 0. The molecule has 2 atom stereocenters. The van der Waals surface area contributed by atoms with Crippen LogP contribution < -0.4 is 4.90 Å². The van der Waals surface area contributed by atoms with Gasteiger partial charge >= 0.3 is 5.97 Å². The second-order valence-electron chi connectivity index (χ2n) is 4.69. The Balaban J connectivity index is 3.24. The molecule has 0 bridgehead atoms. The fourth-order valence-corrected chi connectivity index (χ4v) is 2.18. The van der Waals surface area contributed by atoms with Crippen molar-refractivity contribution in [2.45, 2.75) is 52.5 Å². The third-order valence-corrected chi connectivity index (χ3v) is 3.37. The van der Waals surface area contributed by atoms with E-state index < -0.39 is 18.4 Å². The van der Waals surface area contributed by atoms with Crippen LogP contribution in [0.3, 0.4) is 0 Å². The van der Waals surface area contributed by atoms with Gasteiger partial charge in [-0.05, 0) is 43.0 Å². The van der Waals surface area contributed by atoms with Crippen LogP contribution in [-0.4, -0.2) is 33.7 Å². The fourth-order valence-electron chi connectivity index (χ4n) is 2.18. The quantitative estimate of drug-likeness (QED) is 0.668. The highest BCUT2D eigenvalue weighted by molar-refractivity contribution is 5.90. The third-order valence-electron chi connectivity index (χ3n) is 3.37. The first-order valence-corrected chi connectivity index (χ1v) is 6.96. The van der Waals surface area contributed by atoms with E-state index in [0.29, 0.717) is 30.5 Å². The van der Waals surface area contributed by atoms with Gasteiger partial charge in [-0.3, -0.25) is 0 Å². The van der Waals surface area contributed by atoms with E-state index >= 15 is 0 Å². The molecule has 0 saturated carbocycles. The van der Waals surface area contributed by atoms with Crippen LogP contribution in [-0.2, 0) is 6.42 Å². The van der Waals surface area contributed by atoms with Crippen LogP contribution in [0.25, 0.3) is 0 Å². The molecule has 3 N–H and O–H groups in total. The van der Waals surface area contributed by atoms with E-state index in [2.05, 4.69) is 0 Å². The Morgan fingerprint density at radius 2 is 1.70 bits per heavy atom. The number of aliphatic hydroxyl groups excluding tert-OH is 2. The Hall–Kier alpha value is -1.59. The van der Waals surface area contributed by atoms with Crippen LogP contribution in [0.1, 0.15) is 49.5 Å². The van der Waals surface area contributed by atoms with Crippen molar-refractivity contribution < 1.29 is 20.1 Å². The SMILES string of the molecule is CCc1cc(N(C(O)CC)C(O)CC)ccc1C(=O)O.